The first-order valence-electron chi connectivity index (χ1n) is 8.22. The molecule has 4 rings (SSSR count). The molecule has 0 radical (unpaired) electrons. The van der Waals surface area contributed by atoms with Gasteiger partial charge < -0.3 is 15.1 Å². The number of aromatic nitrogens is 1. The van der Waals surface area contributed by atoms with Crippen LogP contribution in [0.3, 0.4) is 0 Å². The van der Waals surface area contributed by atoms with Gasteiger partial charge in [0, 0.05) is 43.5 Å². The molecular weight excluding hydrogens is 308 g/mol. The lowest BCUT2D eigenvalue weighted by molar-refractivity contribution is -0.116. The number of carbonyl (C=O) groups excluding carboxylic acids is 2. The van der Waals surface area contributed by atoms with Crippen LogP contribution < -0.4 is 15.5 Å². The van der Waals surface area contributed by atoms with Gasteiger partial charge in [-0.1, -0.05) is 0 Å². The van der Waals surface area contributed by atoms with Crippen LogP contribution in [0.5, 0.6) is 0 Å². The van der Waals surface area contributed by atoms with Crippen LogP contribution in [0, 0.1) is 0 Å². The second kappa shape index (κ2) is 5.59. The summed E-state index contributed by atoms with van der Waals surface area (Å²) in [5, 5.41) is 7.34. The number of fused-ring (bicyclic) bond motifs is 3. The molecule has 2 amide bonds. The fraction of sp³-hybridized carbons (Fsp3) is 0.471. The van der Waals surface area contributed by atoms with Crippen LogP contribution in [-0.2, 0) is 4.79 Å². The van der Waals surface area contributed by atoms with Crippen molar-refractivity contribution in [1.82, 2.24) is 15.6 Å². The van der Waals surface area contributed by atoms with Gasteiger partial charge >= 0.3 is 0 Å². The van der Waals surface area contributed by atoms with Gasteiger partial charge in [-0.25, -0.2) is 4.98 Å². The number of pyridine rings is 1. The first-order chi connectivity index (χ1) is 11.5. The summed E-state index contributed by atoms with van der Waals surface area (Å²) in [7, 11) is 1.64. The highest BCUT2D eigenvalue weighted by Crippen LogP contribution is 2.29. The number of hydrogen-bond acceptors (Lipinski definition) is 5. The Morgan fingerprint density at radius 1 is 1.38 bits per heavy atom. The summed E-state index contributed by atoms with van der Waals surface area (Å²) in [6.07, 6.45) is 4.83. The molecule has 2 aliphatic rings. The lowest BCUT2D eigenvalue weighted by Crippen LogP contribution is -2.43. The molecule has 3 atom stereocenters. The summed E-state index contributed by atoms with van der Waals surface area (Å²) in [5.74, 6) is 0.150. The number of anilines is 1. The minimum absolute atomic E-state index is 0.122. The van der Waals surface area contributed by atoms with Crippen LogP contribution in [0.4, 0.5) is 5.88 Å². The molecule has 7 nitrogen and oxygen atoms in total. The standard InChI is InChI=1S/C17H20N4O3/c1-9(22)21(2)16-6-10-5-14(18-8-15(10)24-16)17(23)20-13-7-11-3-4-12(13)19-11/h5-6,8,11-13,19H,3-4,7H2,1-2H3,(H,20,23)/t11-,12+,13-/m1/s1. The largest absolute Gasteiger partial charge is 0.438 e. The van der Waals surface area contributed by atoms with Crippen molar-refractivity contribution in [2.75, 3.05) is 11.9 Å². The molecule has 2 fully saturated rings. The Morgan fingerprint density at radius 3 is 2.88 bits per heavy atom. The zero-order valence-electron chi connectivity index (χ0n) is 13.7. The number of carbonyl (C=O) groups is 2. The predicted molar refractivity (Wildman–Crippen MR) is 88.9 cm³/mol. The van der Waals surface area contributed by atoms with Gasteiger partial charge in [0.25, 0.3) is 5.91 Å². The second-order valence-electron chi connectivity index (χ2n) is 6.63. The summed E-state index contributed by atoms with van der Waals surface area (Å²) in [6, 6.07) is 4.54. The molecule has 2 bridgehead atoms. The smallest absolute Gasteiger partial charge is 0.270 e. The van der Waals surface area contributed by atoms with Crippen molar-refractivity contribution in [1.29, 1.82) is 0 Å². The van der Waals surface area contributed by atoms with Crippen LogP contribution >= 0.6 is 0 Å². The molecule has 4 heterocycles. The normalized spacial score (nSPS) is 25.2. The molecule has 2 aliphatic heterocycles. The molecule has 0 saturated carbocycles. The van der Waals surface area contributed by atoms with Gasteiger partial charge in [-0.2, -0.15) is 0 Å². The maximum atomic E-state index is 12.5. The predicted octanol–water partition coefficient (Wildman–Crippen LogP) is 1.43. The highest BCUT2D eigenvalue weighted by Gasteiger charge is 2.39. The van der Waals surface area contributed by atoms with Crippen molar-refractivity contribution in [3.05, 3.63) is 24.0 Å². The summed E-state index contributed by atoms with van der Waals surface area (Å²) in [6.45, 7) is 1.47. The Bertz CT molecular complexity index is 815. The maximum absolute atomic E-state index is 12.5. The van der Waals surface area contributed by atoms with Crippen LogP contribution in [0.25, 0.3) is 11.0 Å². The van der Waals surface area contributed by atoms with E-state index >= 15 is 0 Å². The van der Waals surface area contributed by atoms with Crippen molar-refractivity contribution in [3.8, 4) is 0 Å². The highest BCUT2D eigenvalue weighted by molar-refractivity contribution is 5.97. The first kappa shape index (κ1) is 15.1. The van der Waals surface area contributed by atoms with Crippen LogP contribution in [-0.4, -0.2) is 42.0 Å². The monoisotopic (exact) mass is 328 g/mol. The number of amides is 2. The molecule has 0 spiro atoms. The van der Waals surface area contributed by atoms with Crippen molar-refractivity contribution in [3.63, 3.8) is 0 Å². The van der Waals surface area contributed by atoms with Gasteiger partial charge in [-0.05, 0) is 25.3 Å². The van der Waals surface area contributed by atoms with E-state index in [1.165, 1.54) is 24.4 Å². The SMILES string of the molecule is CC(=O)N(C)c1cc2cc(C(=O)N[C@@H]3C[C@H]4CC[C@@H]3N4)ncc2o1. The van der Waals surface area contributed by atoms with E-state index in [2.05, 4.69) is 15.6 Å². The summed E-state index contributed by atoms with van der Waals surface area (Å²) in [4.78, 5) is 29.5. The second-order valence-corrected chi connectivity index (χ2v) is 6.63. The minimum atomic E-state index is -0.168. The topological polar surface area (TPSA) is 87.5 Å². The quantitative estimate of drug-likeness (QED) is 0.890. The highest BCUT2D eigenvalue weighted by atomic mass is 16.4. The third-order valence-electron chi connectivity index (χ3n) is 5.04. The number of furan rings is 1. The third-order valence-corrected chi connectivity index (χ3v) is 5.04. The van der Waals surface area contributed by atoms with Gasteiger partial charge in [0.1, 0.15) is 5.69 Å². The van der Waals surface area contributed by atoms with E-state index in [9.17, 15) is 9.59 Å². The summed E-state index contributed by atoms with van der Waals surface area (Å²) < 4.78 is 5.60. The Morgan fingerprint density at radius 2 is 2.21 bits per heavy atom. The van der Waals surface area contributed by atoms with Crippen molar-refractivity contribution in [2.45, 2.75) is 44.3 Å². The molecule has 0 aromatic carbocycles. The molecule has 126 valence electrons. The van der Waals surface area contributed by atoms with E-state index in [4.69, 9.17) is 4.42 Å². The molecule has 24 heavy (non-hydrogen) atoms. The third kappa shape index (κ3) is 2.54. The van der Waals surface area contributed by atoms with E-state index in [0.717, 1.165) is 18.2 Å². The molecule has 2 aromatic heterocycles. The van der Waals surface area contributed by atoms with Crippen LogP contribution in [0.2, 0.25) is 0 Å². The molecule has 0 aliphatic carbocycles. The number of nitrogens with one attached hydrogen (secondary N) is 2. The zero-order valence-corrected chi connectivity index (χ0v) is 13.7. The molecule has 7 heteroatoms. The Hall–Kier alpha value is -2.41. The Kier molecular flexibility index (Phi) is 3.53. The van der Waals surface area contributed by atoms with E-state index in [1.807, 2.05) is 0 Å². The number of hydrogen-bond donors (Lipinski definition) is 2. The maximum Gasteiger partial charge on any atom is 0.270 e. The van der Waals surface area contributed by atoms with Crippen molar-refractivity contribution in [2.24, 2.45) is 0 Å². The van der Waals surface area contributed by atoms with Gasteiger partial charge in [0.15, 0.2) is 5.58 Å². The Balaban J connectivity index is 1.53. The lowest BCUT2D eigenvalue weighted by atomic mass is 9.95. The van der Waals surface area contributed by atoms with Crippen molar-refractivity contribution < 1.29 is 14.0 Å². The fourth-order valence-corrected chi connectivity index (χ4v) is 3.60. The Labute approximate surface area is 139 Å². The molecule has 2 aromatic rings. The fourth-order valence-electron chi connectivity index (χ4n) is 3.60. The lowest BCUT2D eigenvalue weighted by Gasteiger charge is -2.21. The summed E-state index contributed by atoms with van der Waals surface area (Å²) in [5.41, 5.74) is 0.916. The van der Waals surface area contributed by atoms with Gasteiger partial charge in [-0.15, -0.1) is 0 Å². The molecular formula is C17H20N4O3. The van der Waals surface area contributed by atoms with E-state index in [1.54, 1.807) is 19.2 Å². The molecule has 2 N–H and O–H groups in total. The van der Waals surface area contributed by atoms with Gasteiger partial charge in [0.05, 0.1) is 6.20 Å². The van der Waals surface area contributed by atoms with E-state index < -0.39 is 0 Å². The summed E-state index contributed by atoms with van der Waals surface area (Å²) >= 11 is 0. The average molecular weight is 328 g/mol. The molecule has 0 unspecified atom stereocenters. The first-order valence-corrected chi connectivity index (χ1v) is 8.22. The zero-order chi connectivity index (χ0) is 16.8. The van der Waals surface area contributed by atoms with E-state index in [0.29, 0.717) is 29.2 Å². The van der Waals surface area contributed by atoms with Crippen LogP contribution in [0.15, 0.2) is 22.7 Å². The average Bonchev–Trinajstić information content (AvgIpc) is 3.27. The van der Waals surface area contributed by atoms with Crippen molar-refractivity contribution >= 4 is 28.7 Å². The van der Waals surface area contributed by atoms with Gasteiger partial charge in [-0.3, -0.25) is 14.5 Å². The van der Waals surface area contributed by atoms with E-state index in [-0.39, 0.29) is 17.9 Å². The van der Waals surface area contributed by atoms with Crippen LogP contribution in [0.1, 0.15) is 36.7 Å². The minimum Gasteiger partial charge on any atom is -0.438 e. The van der Waals surface area contributed by atoms with Gasteiger partial charge in [0.2, 0.25) is 11.8 Å². The number of rotatable bonds is 3. The molecule has 2 saturated heterocycles. The number of nitrogens with zero attached hydrogens (tertiary/aromatic N) is 2.